The molecule has 0 atom stereocenters. The predicted octanol–water partition coefficient (Wildman–Crippen LogP) is 4.46. The van der Waals surface area contributed by atoms with Gasteiger partial charge in [0.15, 0.2) is 5.11 Å². The highest BCUT2D eigenvalue weighted by molar-refractivity contribution is 7.80. The first kappa shape index (κ1) is 21.2. The average molecular weight is 444 g/mol. The van der Waals surface area contributed by atoms with E-state index in [-0.39, 0.29) is 11.0 Å². The summed E-state index contributed by atoms with van der Waals surface area (Å²) in [6, 6.07) is 24.4. The molecule has 0 aliphatic carbocycles. The summed E-state index contributed by atoms with van der Waals surface area (Å²) in [5, 5.41) is 14.2. The quantitative estimate of drug-likeness (QED) is 0.428. The summed E-state index contributed by atoms with van der Waals surface area (Å²) >= 11 is 5.28. The molecular formula is C24H21N5O2S. The lowest BCUT2D eigenvalue weighted by Gasteiger charge is -2.11. The van der Waals surface area contributed by atoms with Crippen LogP contribution in [0.15, 0.2) is 85.1 Å². The molecule has 7 nitrogen and oxygen atoms in total. The van der Waals surface area contributed by atoms with Crippen molar-refractivity contribution in [2.24, 2.45) is 0 Å². The summed E-state index contributed by atoms with van der Waals surface area (Å²) in [5.74, 6) is 0.421. The van der Waals surface area contributed by atoms with E-state index >= 15 is 0 Å². The van der Waals surface area contributed by atoms with Gasteiger partial charge < -0.3 is 10.1 Å². The molecule has 3 aromatic carbocycles. The molecule has 0 aliphatic rings. The van der Waals surface area contributed by atoms with Crippen LogP contribution < -0.4 is 15.4 Å². The van der Waals surface area contributed by atoms with E-state index in [1.165, 1.54) is 0 Å². The van der Waals surface area contributed by atoms with Crippen LogP contribution in [0.25, 0.3) is 16.9 Å². The third-order valence-corrected chi connectivity index (χ3v) is 4.85. The number of carbonyl (C=O) groups excluding carboxylic acids is 1. The molecule has 0 saturated heterocycles. The third-order valence-electron chi connectivity index (χ3n) is 4.64. The van der Waals surface area contributed by atoms with Crippen molar-refractivity contribution in [3.05, 3.63) is 90.6 Å². The topological polar surface area (TPSA) is 81.1 Å². The van der Waals surface area contributed by atoms with Gasteiger partial charge in [-0.2, -0.15) is 0 Å². The molecule has 0 spiro atoms. The van der Waals surface area contributed by atoms with Gasteiger partial charge in [0, 0.05) is 16.8 Å². The molecule has 0 radical (unpaired) electrons. The first-order valence-corrected chi connectivity index (χ1v) is 10.5. The molecule has 0 bridgehead atoms. The van der Waals surface area contributed by atoms with E-state index in [1.54, 1.807) is 35.1 Å². The van der Waals surface area contributed by atoms with E-state index in [1.807, 2.05) is 61.5 Å². The summed E-state index contributed by atoms with van der Waals surface area (Å²) < 4.78 is 7.16. The Hall–Kier alpha value is -4.04. The first-order chi connectivity index (χ1) is 15.6. The smallest absolute Gasteiger partial charge is 0.257 e. The number of aromatic nitrogens is 3. The van der Waals surface area contributed by atoms with Crippen molar-refractivity contribution in [1.82, 2.24) is 20.3 Å². The lowest BCUT2D eigenvalue weighted by Crippen LogP contribution is -2.34. The predicted molar refractivity (Wildman–Crippen MR) is 128 cm³/mol. The molecule has 0 saturated carbocycles. The standard InChI is InChI=1S/C24H21N5O2S/c1-2-31-21-14-8-18(9-15-21)23(30)27-24(32)26-19-10-12-20(13-11-19)29-22(16-25-28-29)17-6-4-3-5-7-17/h3-16H,2H2,1H3,(H2,26,27,30,32). The molecule has 1 amide bonds. The average Bonchev–Trinajstić information content (AvgIpc) is 3.31. The summed E-state index contributed by atoms with van der Waals surface area (Å²) in [6.45, 7) is 2.48. The Kier molecular flexibility index (Phi) is 6.52. The summed E-state index contributed by atoms with van der Waals surface area (Å²) in [5.41, 5.74) is 4.01. The molecule has 32 heavy (non-hydrogen) atoms. The van der Waals surface area contributed by atoms with Crippen LogP contribution in [-0.2, 0) is 0 Å². The molecule has 2 N–H and O–H groups in total. The fourth-order valence-corrected chi connectivity index (χ4v) is 3.33. The lowest BCUT2D eigenvalue weighted by atomic mass is 10.1. The molecule has 160 valence electrons. The highest BCUT2D eigenvalue weighted by atomic mass is 32.1. The number of nitrogens with one attached hydrogen (secondary N) is 2. The fourth-order valence-electron chi connectivity index (χ4n) is 3.12. The van der Waals surface area contributed by atoms with Gasteiger partial charge in [0.2, 0.25) is 0 Å². The number of rotatable bonds is 6. The number of hydrogen-bond donors (Lipinski definition) is 2. The Bertz CT molecular complexity index is 1210. The second kappa shape index (κ2) is 9.84. The van der Waals surface area contributed by atoms with Crippen LogP contribution in [0.3, 0.4) is 0 Å². The molecule has 0 fully saturated rings. The van der Waals surface area contributed by atoms with Gasteiger partial charge in [-0.3, -0.25) is 10.1 Å². The Morgan fingerprint density at radius 3 is 2.41 bits per heavy atom. The molecule has 1 aromatic heterocycles. The van der Waals surface area contributed by atoms with Gasteiger partial charge in [-0.25, -0.2) is 4.68 Å². The fraction of sp³-hybridized carbons (Fsp3) is 0.0833. The van der Waals surface area contributed by atoms with Crippen molar-refractivity contribution in [2.45, 2.75) is 6.92 Å². The van der Waals surface area contributed by atoms with Crippen LogP contribution in [0, 0.1) is 0 Å². The van der Waals surface area contributed by atoms with E-state index in [0.29, 0.717) is 17.9 Å². The van der Waals surface area contributed by atoms with Crippen molar-refractivity contribution in [3.8, 4) is 22.7 Å². The molecule has 0 aliphatic heterocycles. The number of benzene rings is 3. The second-order valence-corrected chi connectivity index (χ2v) is 7.22. The summed E-state index contributed by atoms with van der Waals surface area (Å²) in [6.07, 6.45) is 1.73. The number of thiocarbonyl (C=S) groups is 1. The normalized spacial score (nSPS) is 10.4. The third kappa shape index (κ3) is 4.98. The second-order valence-electron chi connectivity index (χ2n) is 6.81. The lowest BCUT2D eigenvalue weighted by molar-refractivity contribution is 0.0977. The van der Waals surface area contributed by atoms with Gasteiger partial charge in [-0.1, -0.05) is 35.5 Å². The minimum Gasteiger partial charge on any atom is -0.494 e. The maximum Gasteiger partial charge on any atom is 0.257 e. The van der Waals surface area contributed by atoms with Crippen LogP contribution in [0.4, 0.5) is 5.69 Å². The van der Waals surface area contributed by atoms with Gasteiger partial charge in [-0.15, -0.1) is 5.10 Å². The van der Waals surface area contributed by atoms with Gasteiger partial charge >= 0.3 is 0 Å². The summed E-state index contributed by atoms with van der Waals surface area (Å²) in [4.78, 5) is 12.4. The Balaban J connectivity index is 1.39. The first-order valence-electron chi connectivity index (χ1n) is 10.1. The van der Waals surface area contributed by atoms with Gasteiger partial charge in [0.25, 0.3) is 5.91 Å². The maximum atomic E-state index is 12.4. The minimum absolute atomic E-state index is 0.211. The van der Waals surface area contributed by atoms with Crippen LogP contribution in [0.2, 0.25) is 0 Å². The molecule has 4 aromatic rings. The van der Waals surface area contributed by atoms with Crippen molar-refractivity contribution in [1.29, 1.82) is 0 Å². The molecular weight excluding hydrogens is 422 g/mol. The van der Waals surface area contributed by atoms with Crippen molar-refractivity contribution in [2.75, 3.05) is 11.9 Å². The zero-order valence-corrected chi connectivity index (χ0v) is 18.2. The van der Waals surface area contributed by atoms with Crippen molar-refractivity contribution < 1.29 is 9.53 Å². The largest absolute Gasteiger partial charge is 0.494 e. The number of ether oxygens (including phenoxy) is 1. The van der Waals surface area contributed by atoms with Gasteiger partial charge in [-0.05, 0) is 67.7 Å². The van der Waals surface area contributed by atoms with Gasteiger partial charge in [0.1, 0.15) is 5.75 Å². The van der Waals surface area contributed by atoms with Crippen molar-refractivity contribution >= 4 is 28.9 Å². The van der Waals surface area contributed by atoms with Gasteiger partial charge in [0.05, 0.1) is 24.2 Å². The van der Waals surface area contributed by atoms with E-state index < -0.39 is 0 Å². The van der Waals surface area contributed by atoms with Crippen LogP contribution >= 0.6 is 12.2 Å². The number of anilines is 1. The maximum absolute atomic E-state index is 12.4. The summed E-state index contributed by atoms with van der Waals surface area (Å²) in [7, 11) is 0. The van der Waals surface area contributed by atoms with Crippen LogP contribution in [-0.4, -0.2) is 32.6 Å². The highest BCUT2D eigenvalue weighted by Crippen LogP contribution is 2.22. The zero-order chi connectivity index (χ0) is 22.3. The monoisotopic (exact) mass is 443 g/mol. The Morgan fingerprint density at radius 1 is 1.00 bits per heavy atom. The number of nitrogens with zero attached hydrogens (tertiary/aromatic N) is 3. The molecule has 4 rings (SSSR count). The molecule has 8 heteroatoms. The van der Waals surface area contributed by atoms with Crippen molar-refractivity contribution in [3.63, 3.8) is 0 Å². The van der Waals surface area contributed by atoms with Crippen LogP contribution in [0.1, 0.15) is 17.3 Å². The number of amides is 1. The Morgan fingerprint density at radius 2 is 1.72 bits per heavy atom. The Labute approximate surface area is 191 Å². The minimum atomic E-state index is -0.294. The highest BCUT2D eigenvalue weighted by Gasteiger charge is 2.10. The molecule has 1 heterocycles. The number of hydrogen-bond acceptors (Lipinski definition) is 5. The molecule has 0 unspecified atom stereocenters. The zero-order valence-electron chi connectivity index (χ0n) is 17.4. The SMILES string of the molecule is CCOc1ccc(C(=O)NC(=S)Nc2ccc(-n3nncc3-c3ccccc3)cc2)cc1. The van der Waals surface area contributed by atoms with E-state index in [4.69, 9.17) is 17.0 Å². The van der Waals surface area contributed by atoms with E-state index in [0.717, 1.165) is 22.6 Å². The van der Waals surface area contributed by atoms with Crippen LogP contribution in [0.5, 0.6) is 5.75 Å². The van der Waals surface area contributed by atoms with E-state index in [9.17, 15) is 4.79 Å². The van der Waals surface area contributed by atoms with E-state index in [2.05, 4.69) is 20.9 Å². The number of carbonyl (C=O) groups is 1.